The van der Waals surface area contributed by atoms with Crippen molar-refractivity contribution < 1.29 is 9.47 Å². The van der Waals surface area contributed by atoms with Crippen LogP contribution in [0.5, 0.6) is 11.5 Å². The van der Waals surface area contributed by atoms with E-state index >= 15 is 0 Å². The molecule has 156 valence electrons. The third-order valence-corrected chi connectivity index (χ3v) is 4.42. The van der Waals surface area contributed by atoms with Crippen molar-refractivity contribution in [1.29, 1.82) is 0 Å². The van der Waals surface area contributed by atoms with Crippen LogP contribution in [-0.4, -0.2) is 44.2 Å². The standard InChI is InChI=1S/C24H33N3O2/c1-7-8-9-18(2)16-25-24-19(3)14-21(17-26-24)20-10-11-22(23(15-20)28-6)29-13-12-27(4)5/h8-11,14-17H,7,12-13H2,1-6H3,(H,25,26)/b9-8+,18-16+. The van der Waals surface area contributed by atoms with E-state index in [0.717, 1.165) is 52.5 Å². The van der Waals surface area contributed by atoms with Crippen LogP contribution in [0.25, 0.3) is 11.1 Å². The van der Waals surface area contributed by atoms with E-state index in [4.69, 9.17) is 9.47 Å². The Hall–Kier alpha value is -2.79. The van der Waals surface area contributed by atoms with Crippen LogP contribution in [0.3, 0.4) is 0 Å². The Morgan fingerprint density at radius 3 is 2.62 bits per heavy atom. The summed E-state index contributed by atoms with van der Waals surface area (Å²) < 4.78 is 11.4. The number of hydrogen-bond acceptors (Lipinski definition) is 5. The number of ether oxygens (including phenoxy) is 2. The van der Waals surface area contributed by atoms with Crippen molar-refractivity contribution in [3.63, 3.8) is 0 Å². The van der Waals surface area contributed by atoms with Gasteiger partial charge in [-0.25, -0.2) is 4.98 Å². The molecule has 2 aromatic rings. The summed E-state index contributed by atoms with van der Waals surface area (Å²) in [5.74, 6) is 2.33. The summed E-state index contributed by atoms with van der Waals surface area (Å²) in [6, 6.07) is 8.12. The monoisotopic (exact) mass is 395 g/mol. The Morgan fingerprint density at radius 2 is 1.97 bits per heavy atom. The molecule has 0 atom stereocenters. The molecule has 0 fully saturated rings. The molecule has 29 heavy (non-hydrogen) atoms. The molecule has 5 heteroatoms. The SMILES string of the molecule is CC/C=C/C(C)=C/Nc1ncc(-c2ccc(OCCN(C)C)c(OC)c2)cc1C. The Balaban J connectivity index is 2.15. The summed E-state index contributed by atoms with van der Waals surface area (Å²) in [7, 11) is 5.71. The number of hydrogen-bond donors (Lipinski definition) is 1. The number of benzene rings is 1. The highest BCUT2D eigenvalue weighted by atomic mass is 16.5. The molecule has 0 radical (unpaired) electrons. The molecule has 5 nitrogen and oxygen atoms in total. The quantitative estimate of drug-likeness (QED) is 0.554. The first-order chi connectivity index (χ1) is 13.9. The minimum atomic E-state index is 0.615. The summed E-state index contributed by atoms with van der Waals surface area (Å²) in [4.78, 5) is 6.68. The van der Waals surface area contributed by atoms with Crippen molar-refractivity contribution in [2.45, 2.75) is 27.2 Å². The number of likely N-dealkylation sites (N-methyl/N-ethyl adjacent to an activating group) is 1. The highest BCUT2D eigenvalue weighted by Gasteiger charge is 2.09. The molecule has 0 aliphatic heterocycles. The number of pyridine rings is 1. The molecule has 2 rings (SSSR count). The normalized spacial score (nSPS) is 11.9. The van der Waals surface area contributed by atoms with Crippen LogP contribution in [0, 0.1) is 6.92 Å². The maximum atomic E-state index is 5.85. The van der Waals surface area contributed by atoms with E-state index in [1.807, 2.05) is 44.7 Å². The number of aromatic nitrogens is 1. The van der Waals surface area contributed by atoms with E-state index in [9.17, 15) is 0 Å². The van der Waals surface area contributed by atoms with Gasteiger partial charge in [-0.15, -0.1) is 0 Å². The van der Waals surface area contributed by atoms with E-state index in [-0.39, 0.29) is 0 Å². The predicted molar refractivity (Wildman–Crippen MR) is 122 cm³/mol. The van der Waals surface area contributed by atoms with E-state index in [2.05, 4.69) is 54.2 Å². The lowest BCUT2D eigenvalue weighted by Gasteiger charge is -2.15. The van der Waals surface area contributed by atoms with E-state index < -0.39 is 0 Å². The Bertz CT molecular complexity index is 857. The van der Waals surface area contributed by atoms with Crippen LogP contribution >= 0.6 is 0 Å². The van der Waals surface area contributed by atoms with Gasteiger partial charge in [0.2, 0.25) is 0 Å². The molecule has 0 spiro atoms. The number of anilines is 1. The van der Waals surface area contributed by atoms with Gasteiger partial charge in [0.05, 0.1) is 7.11 Å². The molecule has 0 bridgehead atoms. The molecular formula is C24H33N3O2. The zero-order valence-electron chi connectivity index (χ0n) is 18.5. The van der Waals surface area contributed by atoms with Crippen LogP contribution in [0.4, 0.5) is 5.82 Å². The van der Waals surface area contributed by atoms with Gasteiger partial charge in [0, 0.05) is 24.5 Å². The number of allylic oxidation sites excluding steroid dienone is 3. The number of methoxy groups -OCH3 is 1. The van der Waals surface area contributed by atoms with Crippen LogP contribution in [0.15, 0.2) is 54.4 Å². The van der Waals surface area contributed by atoms with Crippen molar-refractivity contribution in [3.8, 4) is 22.6 Å². The fourth-order valence-corrected chi connectivity index (χ4v) is 2.72. The first-order valence-corrected chi connectivity index (χ1v) is 9.97. The third-order valence-electron chi connectivity index (χ3n) is 4.42. The Morgan fingerprint density at radius 1 is 1.17 bits per heavy atom. The second kappa shape index (κ2) is 11.3. The summed E-state index contributed by atoms with van der Waals surface area (Å²) in [5, 5.41) is 3.29. The molecule has 0 amide bonds. The molecule has 1 aromatic carbocycles. The first kappa shape index (κ1) is 22.5. The minimum absolute atomic E-state index is 0.615. The van der Waals surface area contributed by atoms with Crippen molar-refractivity contribution in [3.05, 3.63) is 60.0 Å². The lowest BCUT2D eigenvalue weighted by atomic mass is 10.1. The molecule has 0 saturated heterocycles. The molecule has 0 aliphatic rings. The van der Waals surface area contributed by atoms with Gasteiger partial charge in [-0.1, -0.05) is 25.1 Å². The lowest BCUT2D eigenvalue weighted by molar-refractivity contribution is 0.251. The largest absolute Gasteiger partial charge is 0.493 e. The Labute approximate surface area is 175 Å². The zero-order valence-corrected chi connectivity index (χ0v) is 18.5. The van der Waals surface area contributed by atoms with Crippen molar-refractivity contribution in [2.75, 3.05) is 39.7 Å². The average Bonchev–Trinajstić information content (AvgIpc) is 2.71. The smallest absolute Gasteiger partial charge is 0.161 e. The molecule has 1 aromatic heterocycles. The first-order valence-electron chi connectivity index (χ1n) is 9.97. The highest BCUT2D eigenvalue weighted by molar-refractivity contribution is 5.69. The minimum Gasteiger partial charge on any atom is -0.493 e. The van der Waals surface area contributed by atoms with Crippen LogP contribution < -0.4 is 14.8 Å². The van der Waals surface area contributed by atoms with E-state index in [1.54, 1.807) is 7.11 Å². The van der Waals surface area contributed by atoms with Crippen molar-refractivity contribution in [1.82, 2.24) is 9.88 Å². The van der Waals surface area contributed by atoms with Gasteiger partial charge in [-0.3, -0.25) is 0 Å². The van der Waals surface area contributed by atoms with Crippen molar-refractivity contribution >= 4 is 5.82 Å². The zero-order chi connectivity index (χ0) is 21.2. The fourth-order valence-electron chi connectivity index (χ4n) is 2.72. The van der Waals surface area contributed by atoms with Gasteiger partial charge in [-0.2, -0.15) is 0 Å². The number of aryl methyl sites for hydroxylation is 1. The molecule has 0 saturated carbocycles. The van der Waals surface area contributed by atoms with Crippen LogP contribution in [0.2, 0.25) is 0 Å². The van der Waals surface area contributed by atoms with Crippen LogP contribution in [0.1, 0.15) is 25.8 Å². The highest BCUT2D eigenvalue weighted by Crippen LogP contribution is 2.33. The summed E-state index contributed by atoms with van der Waals surface area (Å²) >= 11 is 0. The predicted octanol–water partition coefficient (Wildman–Crippen LogP) is 5.29. The van der Waals surface area contributed by atoms with Gasteiger partial charge in [0.15, 0.2) is 11.5 Å². The molecule has 1 heterocycles. The van der Waals surface area contributed by atoms with Gasteiger partial charge in [0.25, 0.3) is 0 Å². The molecule has 0 aliphatic carbocycles. The maximum absolute atomic E-state index is 5.85. The Kier molecular flexibility index (Phi) is 8.74. The average molecular weight is 396 g/mol. The second-order valence-corrected chi connectivity index (χ2v) is 7.25. The second-order valence-electron chi connectivity index (χ2n) is 7.25. The molecule has 1 N–H and O–H groups in total. The molecule has 0 unspecified atom stereocenters. The summed E-state index contributed by atoms with van der Waals surface area (Å²) in [6.07, 6.45) is 9.12. The van der Waals surface area contributed by atoms with E-state index in [0.29, 0.717) is 6.61 Å². The number of nitrogens with one attached hydrogen (secondary N) is 1. The number of nitrogens with zero attached hydrogens (tertiary/aromatic N) is 2. The van der Waals surface area contributed by atoms with Crippen LogP contribution in [-0.2, 0) is 0 Å². The maximum Gasteiger partial charge on any atom is 0.161 e. The summed E-state index contributed by atoms with van der Waals surface area (Å²) in [6.45, 7) is 7.71. The van der Waals surface area contributed by atoms with Gasteiger partial charge >= 0.3 is 0 Å². The van der Waals surface area contributed by atoms with Crippen molar-refractivity contribution in [2.24, 2.45) is 0 Å². The van der Waals surface area contributed by atoms with Gasteiger partial charge < -0.3 is 19.7 Å². The third kappa shape index (κ3) is 6.95. The van der Waals surface area contributed by atoms with E-state index in [1.165, 1.54) is 0 Å². The van der Waals surface area contributed by atoms with Gasteiger partial charge in [0.1, 0.15) is 12.4 Å². The number of rotatable bonds is 10. The van der Waals surface area contributed by atoms with Gasteiger partial charge in [-0.05, 0) is 69.3 Å². The fraction of sp³-hybridized carbons (Fsp3) is 0.375. The topological polar surface area (TPSA) is 46.6 Å². The lowest BCUT2D eigenvalue weighted by Crippen LogP contribution is -2.19. The molecular weight excluding hydrogens is 362 g/mol. The summed E-state index contributed by atoms with van der Waals surface area (Å²) in [5.41, 5.74) is 4.32.